The molecule has 1 atom stereocenters. The first kappa shape index (κ1) is 16.4. The van der Waals surface area contributed by atoms with Crippen molar-refractivity contribution < 1.29 is 8.42 Å². The van der Waals surface area contributed by atoms with Crippen LogP contribution in [0.15, 0.2) is 14.7 Å². The SMILES string of the molecule is CC(C)(C)C1CCN(S(=O)(=O)c2cc(CN)sc2Br)C1. The first-order valence-electron chi connectivity index (χ1n) is 6.64. The number of sulfonamides is 1. The molecule has 0 aliphatic carbocycles. The number of nitrogens with zero attached hydrogens (tertiary/aromatic N) is 1. The summed E-state index contributed by atoms with van der Waals surface area (Å²) >= 11 is 4.74. The van der Waals surface area contributed by atoms with E-state index in [0.717, 1.165) is 11.3 Å². The minimum Gasteiger partial charge on any atom is -0.326 e. The predicted molar refractivity (Wildman–Crippen MR) is 86.2 cm³/mol. The molecule has 0 saturated carbocycles. The maximum Gasteiger partial charge on any atom is 0.245 e. The van der Waals surface area contributed by atoms with Crippen LogP contribution in [0.1, 0.15) is 32.1 Å². The van der Waals surface area contributed by atoms with E-state index in [9.17, 15) is 8.42 Å². The number of rotatable bonds is 3. The zero-order valence-corrected chi connectivity index (χ0v) is 15.2. The fraction of sp³-hybridized carbons (Fsp3) is 0.692. The van der Waals surface area contributed by atoms with Gasteiger partial charge in [0, 0.05) is 24.5 Å². The van der Waals surface area contributed by atoms with E-state index in [1.807, 2.05) is 0 Å². The van der Waals surface area contributed by atoms with Crippen LogP contribution in [-0.2, 0) is 16.6 Å². The monoisotopic (exact) mass is 380 g/mol. The Labute approximate surface area is 133 Å². The van der Waals surface area contributed by atoms with Crippen LogP contribution in [0.3, 0.4) is 0 Å². The van der Waals surface area contributed by atoms with Gasteiger partial charge in [0.2, 0.25) is 10.0 Å². The highest BCUT2D eigenvalue weighted by Gasteiger charge is 2.38. The average Bonchev–Trinajstić information content (AvgIpc) is 2.94. The lowest BCUT2D eigenvalue weighted by atomic mass is 9.80. The Morgan fingerprint density at radius 1 is 1.50 bits per heavy atom. The normalized spacial score (nSPS) is 21.6. The van der Waals surface area contributed by atoms with Gasteiger partial charge in [0.15, 0.2) is 0 Å². The van der Waals surface area contributed by atoms with Gasteiger partial charge in [-0.2, -0.15) is 4.31 Å². The van der Waals surface area contributed by atoms with Crippen LogP contribution in [0.5, 0.6) is 0 Å². The van der Waals surface area contributed by atoms with Crippen LogP contribution >= 0.6 is 27.3 Å². The van der Waals surface area contributed by atoms with Crippen molar-refractivity contribution in [1.82, 2.24) is 4.31 Å². The van der Waals surface area contributed by atoms with Crippen molar-refractivity contribution in [3.8, 4) is 0 Å². The van der Waals surface area contributed by atoms with E-state index < -0.39 is 10.0 Å². The lowest BCUT2D eigenvalue weighted by Gasteiger charge is -2.26. The van der Waals surface area contributed by atoms with Crippen molar-refractivity contribution in [1.29, 1.82) is 0 Å². The summed E-state index contributed by atoms with van der Waals surface area (Å²) in [6.07, 6.45) is 0.925. The lowest BCUT2D eigenvalue weighted by molar-refractivity contribution is 0.252. The van der Waals surface area contributed by atoms with Crippen molar-refractivity contribution in [3.05, 3.63) is 14.7 Å². The molecule has 7 heteroatoms. The van der Waals surface area contributed by atoms with E-state index in [1.54, 1.807) is 10.4 Å². The third-order valence-corrected chi connectivity index (χ3v) is 8.04. The number of nitrogens with two attached hydrogens (primary N) is 1. The van der Waals surface area contributed by atoms with Gasteiger partial charge in [0.1, 0.15) is 4.90 Å². The largest absolute Gasteiger partial charge is 0.326 e. The molecule has 2 rings (SSSR count). The van der Waals surface area contributed by atoms with Gasteiger partial charge in [0.05, 0.1) is 3.79 Å². The summed E-state index contributed by atoms with van der Waals surface area (Å²) in [6, 6.07) is 1.69. The molecule has 0 radical (unpaired) electrons. The molecule has 1 unspecified atom stereocenters. The number of halogens is 1. The van der Waals surface area contributed by atoms with Crippen LogP contribution < -0.4 is 5.73 Å². The van der Waals surface area contributed by atoms with Crippen molar-refractivity contribution in [3.63, 3.8) is 0 Å². The maximum atomic E-state index is 12.7. The van der Waals surface area contributed by atoms with Gasteiger partial charge in [-0.15, -0.1) is 11.3 Å². The molecule has 20 heavy (non-hydrogen) atoms. The number of thiophene rings is 1. The molecule has 4 nitrogen and oxygen atoms in total. The molecule has 1 fully saturated rings. The summed E-state index contributed by atoms with van der Waals surface area (Å²) in [5.41, 5.74) is 5.73. The first-order valence-corrected chi connectivity index (χ1v) is 9.69. The van der Waals surface area contributed by atoms with Gasteiger partial charge in [-0.3, -0.25) is 0 Å². The molecule has 2 heterocycles. The molecule has 0 bridgehead atoms. The van der Waals surface area contributed by atoms with Crippen molar-refractivity contribution in [2.24, 2.45) is 17.1 Å². The summed E-state index contributed by atoms with van der Waals surface area (Å²) in [7, 11) is -3.41. The van der Waals surface area contributed by atoms with E-state index >= 15 is 0 Å². The Bertz CT molecular complexity index is 590. The minimum absolute atomic E-state index is 0.137. The molecule has 0 aromatic carbocycles. The average molecular weight is 381 g/mol. The highest BCUT2D eigenvalue weighted by Crippen LogP contribution is 2.38. The van der Waals surface area contributed by atoms with Crippen LogP contribution in [-0.4, -0.2) is 25.8 Å². The maximum absolute atomic E-state index is 12.7. The summed E-state index contributed by atoms with van der Waals surface area (Å²) < 4.78 is 27.7. The van der Waals surface area contributed by atoms with Crippen molar-refractivity contribution in [2.75, 3.05) is 13.1 Å². The van der Waals surface area contributed by atoms with E-state index in [2.05, 4.69) is 36.7 Å². The topological polar surface area (TPSA) is 63.4 Å². The Balaban J connectivity index is 2.26. The number of hydrogen-bond donors (Lipinski definition) is 1. The zero-order chi connectivity index (χ0) is 15.1. The zero-order valence-electron chi connectivity index (χ0n) is 12.0. The lowest BCUT2D eigenvalue weighted by Crippen LogP contribution is -2.31. The third-order valence-electron chi connectivity index (χ3n) is 3.90. The van der Waals surface area contributed by atoms with Gasteiger partial charge in [-0.25, -0.2) is 8.42 Å². The van der Waals surface area contributed by atoms with Crippen LogP contribution in [0.2, 0.25) is 0 Å². The van der Waals surface area contributed by atoms with E-state index in [0.29, 0.717) is 34.2 Å². The van der Waals surface area contributed by atoms with Crippen LogP contribution in [0.25, 0.3) is 0 Å². The fourth-order valence-electron chi connectivity index (χ4n) is 2.47. The molecule has 1 aliphatic heterocycles. The highest BCUT2D eigenvalue weighted by atomic mass is 79.9. The van der Waals surface area contributed by atoms with E-state index in [4.69, 9.17) is 5.73 Å². The molecule has 2 N–H and O–H groups in total. The van der Waals surface area contributed by atoms with E-state index in [1.165, 1.54) is 11.3 Å². The summed E-state index contributed by atoms with van der Waals surface area (Å²) in [6.45, 7) is 8.07. The van der Waals surface area contributed by atoms with Crippen molar-refractivity contribution >= 4 is 37.3 Å². The first-order chi connectivity index (χ1) is 9.16. The molecule has 1 aromatic rings. The Kier molecular flexibility index (Phi) is 4.67. The fourth-order valence-corrected chi connectivity index (χ4v) is 6.48. The molecule has 1 aliphatic rings. The Hall–Kier alpha value is 0.0500. The Morgan fingerprint density at radius 2 is 2.15 bits per heavy atom. The summed E-state index contributed by atoms with van der Waals surface area (Å²) in [5.74, 6) is 0.406. The quantitative estimate of drug-likeness (QED) is 0.876. The third kappa shape index (κ3) is 3.11. The molecule has 1 aromatic heterocycles. The van der Waals surface area contributed by atoms with Gasteiger partial charge in [-0.05, 0) is 39.8 Å². The second kappa shape index (κ2) is 5.68. The summed E-state index contributed by atoms with van der Waals surface area (Å²) in [5, 5.41) is 0. The smallest absolute Gasteiger partial charge is 0.245 e. The predicted octanol–water partition coefficient (Wildman–Crippen LogP) is 3.03. The van der Waals surface area contributed by atoms with Gasteiger partial charge < -0.3 is 5.73 Å². The minimum atomic E-state index is -3.41. The van der Waals surface area contributed by atoms with Gasteiger partial charge in [0.25, 0.3) is 0 Å². The molecule has 0 amide bonds. The highest BCUT2D eigenvalue weighted by molar-refractivity contribution is 9.11. The second-order valence-electron chi connectivity index (χ2n) is 6.27. The van der Waals surface area contributed by atoms with Crippen LogP contribution in [0.4, 0.5) is 0 Å². The van der Waals surface area contributed by atoms with Gasteiger partial charge in [-0.1, -0.05) is 20.8 Å². The molecule has 1 saturated heterocycles. The molecular formula is C13H21BrN2O2S2. The number of hydrogen-bond acceptors (Lipinski definition) is 4. The standard InChI is InChI=1S/C13H21BrN2O2S2/c1-13(2,3)9-4-5-16(8-9)20(17,18)11-6-10(7-15)19-12(11)14/h6,9H,4-5,7-8,15H2,1-3H3. The van der Waals surface area contributed by atoms with Gasteiger partial charge >= 0.3 is 0 Å². The second-order valence-corrected chi connectivity index (χ2v) is 10.6. The van der Waals surface area contributed by atoms with Crippen molar-refractivity contribution in [2.45, 2.75) is 38.6 Å². The molecule has 0 spiro atoms. The van der Waals surface area contributed by atoms with E-state index in [-0.39, 0.29) is 5.41 Å². The molecular weight excluding hydrogens is 360 g/mol. The Morgan fingerprint density at radius 3 is 2.60 bits per heavy atom. The molecule has 114 valence electrons. The van der Waals surface area contributed by atoms with Crippen LogP contribution in [0, 0.1) is 11.3 Å². The summed E-state index contributed by atoms with van der Waals surface area (Å²) in [4.78, 5) is 1.24.